The fourth-order valence-electron chi connectivity index (χ4n) is 1.51. The molecule has 90 valence electrons. The average Bonchev–Trinajstić information content (AvgIpc) is 2.82. The van der Waals surface area contributed by atoms with Gasteiger partial charge in [-0.1, -0.05) is 17.7 Å². The van der Waals surface area contributed by atoms with Gasteiger partial charge >= 0.3 is 0 Å². The molecule has 0 unspecified atom stereocenters. The molecule has 0 spiro atoms. The summed E-state index contributed by atoms with van der Waals surface area (Å²) in [4.78, 5) is 3.95. The van der Waals surface area contributed by atoms with Crippen molar-refractivity contribution in [3.63, 3.8) is 0 Å². The molecule has 1 heterocycles. The van der Waals surface area contributed by atoms with Crippen LogP contribution in [0, 0.1) is 5.82 Å². The topological polar surface area (TPSA) is 29.9 Å². The molecule has 1 N–H and O–H groups in total. The standard InChI is InChI=1S/C12H13ClFN3/c13-11-2-1-10(7-12(11)14)8-15-3-5-17-6-4-16-9-17/h1-2,4,6-7,9,15H,3,5,8H2. The Kier molecular flexibility index (Phi) is 4.12. The minimum atomic E-state index is -0.374. The zero-order valence-electron chi connectivity index (χ0n) is 9.24. The molecule has 2 rings (SSSR count). The van der Waals surface area contributed by atoms with E-state index in [1.54, 1.807) is 18.6 Å². The molecule has 5 heteroatoms. The number of aromatic nitrogens is 2. The zero-order valence-corrected chi connectivity index (χ0v) is 9.99. The predicted octanol–water partition coefficient (Wildman–Crippen LogP) is 2.47. The molecule has 0 bridgehead atoms. The van der Waals surface area contributed by atoms with Gasteiger partial charge in [0.2, 0.25) is 0 Å². The van der Waals surface area contributed by atoms with Crippen LogP contribution in [0.1, 0.15) is 5.56 Å². The van der Waals surface area contributed by atoms with Gasteiger partial charge < -0.3 is 9.88 Å². The maximum absolute atomic E-state index is 13.1. The van der Waals surface area contributed by atoms with E-state index in [9.17, 15) is 4.39 Å². The molecule has 0 radical (unpaired) electrons. The summed E-state index contributed by atoms with van der Waals surface area (Å²) >= 11 is 5.60. The van der Waals surface area contributed by atoms with E-state index >= 15 is 0 Å². The molecule has 0 aliphatic carbocycles. The van der Waals surface area contributed by atoms with E-state index in [1.807, 2.05) is 16.8 Å². The Labute approximate surface area is 104 Å². The van der Waals surface area contributed by atoms with Crippen molar-refractivity contribution in [3.05, 3.63) is 53.3 Å². The van der Waals surface area contributed by atoms with Crippen LogP contribution < -0.4 is 5.32 Å². The van der Waals surface area contributed by atoms with E-state index in [2.05, 4.69) is 10.3 Å². The minimum absolute atomic E-state index is 0.159. The van der Waals surface area contributed by atoms with Crippen LogP contribution in [0.3, 0.4) is 0 Å². The van der Waals surface area contributed by atoms with Crippen molar-refractivity contribution in [2.45, 2.75) is 13.1 Å². The highest BCUT2D eigenvalue weighted by Gasteiger charge is 2.00. The highest BCUT2D eigenvalue weighted by atomic mass is 35.5. The minimum Gasteiger partial charge on any atom is -0.336 e. The molecular formula is C12H13ClFN3. The number of halogens is 2. The van der Waals surface area contributed by atoms with Crippen molar-refractivity contribution in [2.75, 3.05) is 6.54 Å². The summed E-state index contributed by atoms with van der Waals surface area (Å²) in [5, 5.41) is 3.39. The molecule has 0 fully saturated rings. The van der Waals surface area contributed by atoms with Gasteiger partial charge in [-0.05, 0) is 17.7 Å². The van der Waals surface area contributed by atoms with Gasteiger partial charge in [0.15, 0.2) is 0 Å². The Morgan fingerprint density at radius 3 is 3.00 bits per heavy atom. The lowest BCUT2D eigenvalue weighted by Gasteiger charge is -2.06. The molecule has 1 aromatic heterocycles. The first-order valence-electron chi connectivity index (χ1n) is 5.36. The molecule has 0 saturated carbocycles. The Morgan fingerprint density at radius 2 is 2.29 bits per heavy atom. The quantitative estimate of drug-likeness (QED) is 0.830. The summed E-state index contributed by atoms with van der Waals surface area (Å²) in [5.74, 6) is -0.374. The molecule has 1 aromatic carbocycles. The van der Waals surface area contributed by atoms with Crippen LogP contribution >= 0.6 is 11.6 Å². The molecule has 0 aliphatic rings. The normalized spacial score (nSPS) is 10.7. The van der Waals surface area contributed by atoms with Crippen molar-refractivity contribution in [2.24, 2.45) is 0 Å². The summed E-state index contributed by atoms with van der Waals surface area (Å²) in [6.07, 6.45) is 5.42. The number of rotatable bonds is 5. The SMILES string of the molecule is Fc1cc(CNCCn2ccnc2)ccc1Cl. The van der Waals surface area contributed by atoms with Crippen LogP contribution in [-0.4, -0.2) is 16.1 Å². The number of benzene rings is 1. The van der Waals surface area contributed by atoms with Crippen LogP contribution in [0.5, 0.6) is 0 Å². The lowest BCUT2D eigenvalue weighted by Crippen LogP contribution is -2.19. The summed E-state index contributed by atoms with van der Waals surface area (Å²) < 4.78 is 15.1. The second-order valence-electron chi connectivity index (χ2n) is 3.73. The van der Waals surface area contributed by atoms with Crippen molar-refractivity contribution in [1.29, 1.82) is 0 Å². The van der Waals surface area contributed by atoms with Crippen LogP contribution in [0.2, 0.25) is 5.02 Å². The number of hydrogen-bond acceptors (Lipinski definition) is 2. The van der Waals surface area contributed by atoms with E-state index < -0.39 is 0 Å². The number of hydrogen-bond donors (Lipinski definition) is 1. The fraction of sp³-hybridized carbons (Fsp3) is 0.250. The van der Waals surface area contributed by atoms with Crippen LogP contribution in [0.15, 0.2) is 36.9 Å². The van der Waals surface area contributed by atoms with E-state index in [0.29, 0.717) is 6.54 Å². The Hall–Kier alpha value is -1.39. The van der Waals surface area contributed by atoms with Crippen molar-refractivity contribution in [1.82, 2.24) is 14.9 Å². The first kappa shape index (κ1) is 12.1. The second-order valence-corrected chi connectivity index (χ2v) is 4.13. The molecule has 3 nitrogen and oxygen atoms in total. The third kappa shape index (κ3) is 3.54. The van der Waals surface area contributed by atoms with Crippen LogP contribution in [-0.2, 0) is 13.1 Å². The first-order valence-corrected chi connectivity index (χ1v) is 5.74. The van der Waals surface area contributed by atoms with Gasteiger partial charge in [-0.25, -0.2) is 9.37 Å². The van der Waals surface area contributed by atoms with Gasteiger partial charge in [-0.2, -0.15) is 0 Å². The van der Waals surface area contributed by atoms with E-state index in [0.717, 1.165) is 18.7 Å². The summed E-state index contributed by atoms with van der Waals surface area (Å²) in [7, 11) is 0. The van der Waals surface area contributed by atoms with Crippen molar-refractivity contribution in [3.8, 4) is 0 Å². The van der Waals surface area contributed by atoms with Gasteiger partial charge in [-0.15, -0.1) is 0 Å². The maximum Gasteiger partial charge on any atom is 0.142 e. The van der Waals surface area contributed by atoms with Crippen LogP contribution in [0.4, 0.5) is 4.39 Å². The van der Waals surface area contributed by atoms with Gasteiger partial charge in [0.05, 0.1) is 11.3 Å². The molecule has 2 aromatic rings. The molecule has 17 heavy (non-hydrogen) atoms. The molecule has 0 atom stereocenters. The Morgan fingerprint density at radius 1 is 1.41 bits per heavy atom. The third-order valence-electron chi connectivity index (χ3n) is 2.42. The second kappa shape index (κ2) is 5.80. The van der Waals surface area contributed by atoms with Gasteiger partial charge in [-0.3, -0.25) is 0 Å². The molecular weight excluding hydrogens is 241 g/mol. The number of nitrogens with zero attached hydrogens (tertiary/aromatic N) is 2. The lowest BCUT2D eigenvalue weighted by molar-refractivity contribution is 0.591. The lowest BCUT2D eigenvalue weighted by atomic mass is 10.2. The van der Waals surface area contributed by atoms with Crippen molar-refractivity contribution < 1.29 is 4.39 Å². The highest BCUT2D eigenvalue weighted by Crippen LogP contribution is 2.15. The Bertz CT molecular complexity index is 471. The fourth-order valence-corrected chi connectivity index (χ4v) is 1.63. The van der Waals surface area contributed by atoms with Gasteiger partial charge in [0, 0.05) is 32.0 Å². The smallest absolute Gasteiger partial charge is 0.142 e. The van der Waals surface area contributed by atoms with Gasteiger partial charge in [0.25, 0.3) is 0 Å². The average molecular weight is 254 g/mol. The first-order chi connectivity index (χ1) is 8.25. The molecule has 0 aliphatic heterocycles. The van der Waals surface area contributed by atoms with E-state index in [-0.39, 0.29) is 10.8 Å². The highest BCUT2D eigenvalue weighted by molar-refractivity contribution is 6.30. The summed E-state index contributed by atoms with van der Waals surface area (Å²) in [5.41, 5.74) is 0.887. The predicted molar refractivity (Wildman–Crippen MR) is 65.3 cm³/mol. The number of imidazole rings is 1. The maximum atomic E-state index is 13.1. The monoisotopic (exact) mass is 253 g/mol. The molecule has 0 saturated heterocycles. The summed E-state index contributed by atoms with van der Waals surface area (Å²) in [6.45, 7) is 2.28. The Balaban J connectivity index is 1.76. The molecule has 0 amide bonds. The largest absolute Gasteiger partial charge is 0.336 e. The summed E-state index contributed by atoms with van der Waals surface area (Å²) in [6, 6.07) is 4.84. The van der Waals surface area contributed by atoms with E-state index in [1.165, 1.54) is 6.07 Å². The van der Waals surface area contributed by atoms with Crippen LogP contribution in [0.25, 0.3) is 0 Å². The van der Waals surface area contributed by atoms with Gasteiger partial charge in [0.1, 0.15) is 5.82 Å². The third-order valence-corrected chi connectivity index (χ3v) is 2.73. The van der Waals surface area contributed by atoms with Crippen molar-refractivity contribution >= 4 is 11.6 Å². The zero-order chi connectivity index (χ0) is 12.1. The van der Waals surface area contributed by atoms with E-state index in [4.69, 9.17) is 11.6 Å². The number of nitrogens with one attached hydrogen (secondary N) is 1.